The standard InChI is InChI=1S/C2H4.I2.W/c2*1-2;/h1-2H2;;. The van der Waals surface area contributed by atoms with Gasteiger partial charge in [0.2, 0.25) is 0 Å². The third-order valence-electron chi connectivity index (χ3n) is 0. The molecule has 0 radical (unpaired) electrons. The minimum Gasteiger partial charge on any atom is -0.106 e. The summed E-state index contributed by atoms with van der Waals surface area (Å²) in [5, 5.41) is 0. The third-order valence-corrected chi connectivity index (χ3v) is 0. The molecule has 0 aliphatic heterocycles. The molecular formula is C2H4I2W. The second kappa shape index (κ2) is 39.5. The molecular weight excluding hydrogens is 462 g/mol. The molecule has 0 rings (SSSR count). The summed E-state index contributed by atoms with van der Waals surface area (Å²) >= 11 is 4.24. The van der Waals surface area contributed by atoms with Crippen molar-refractivity contribution in [1.29, 1.82) is 0 Å². The van der Waals surface area contributed by atoms with Crippen LogP contribution in [0.4, 0.5) is 0 Å². The Morgan fingerprint density at radius 2 is 1.00 bits per heavy atom. The van der Waals surface area contributed by atoms with E-state index in [9.17, 15) is 0 Å². The van der Waals surface area contributed by atoms with Crippen molar-refractivity contribution in [2.24, 2.45) is 0 Å². The van der Waals surface area contributed by atoms with Crippen molar-refractivity contribution in [3.8, 4) is 0 Å². The van der Waals surface area contributed by atoms with Crippen molar-refractivity contribution in [2.45, 2.75) is 0 Å². The minimum absolute atomic E-state index is 0. The van der Waals surface area contributed by atoms with Gasteiger partial charge in [-0.15, -0.1) is 13.2 Å². The summed E-state index contributed by atoms with van der Waals surface area (Å²) in [6.45, 7) is 6.00. The first-order valence-corrected chi connectivity index (χ1v) is 6.93. The first-order chi connectivity index (χ1) is 2.00. The van der Waals surface area contributed by atoms with Crippen LogP contribution in [0.25, 0.3) is 0 Å². The normalized spacial score (nSPS) is 2.00. The molecule has 0 aromatic carbocycles. The molecule has 0 saturated heterocycles. The topological polar surface area (TPSA) is 0 Å². The molecule has 0 amide bonds. The van der Waals surface area contributed by atoms with E-state index in [2.05, 4.69) is 50.4 Å². The van der Waals surface area contributed by atoms with Gasteiger partial charge in [-0.05, 0) is 0 Å². The Bertz CT molecular complexity index is 7.61. The SMILES string of the molecule is C=C.II.[W]. The molecule has 0 aromatic heterocycles. The zero-order valence-electron chi connectivity index (χ0n) is 2.58. The van der Waals surface area contributed by atoms with Gasteiger partial charge in [0.05, 0.1) is 0 Å². The Labute approximate surface area is 70.4 Å². The first-order valence-electron chi connectivity index (χ1n) is 0.643. The fraction of sp³-hybridized carbons (Fsp3) is 0. The Hall–Kier alpha value is 1.89. The van der Waals surface area contributed by atoms with E-state index in [0.717, 1.165) is 0 Å². The molecule has 0 aromatic rings. The van der Waals surface area contributed by atoms with Gasteiger partial charge >= 0.3 is 0 Å². The Balaban J connectivity index is -0.0000000133. The van der Waals surface area contributed by atoms with E-state index in [1.807, 2.05) is 0 Å². The monoisotopic (exact) mass is 466 g/mol. The molecule has 0 heterocycles. The van der Waals surface area contributed by atoms with Gasteiger partial charge in [0.25, 0.3) is 0 Å². The van der Waals surface area contributed by atoms with E-state index in [-0.39, 0.29) is 21.1 Å². The van der Waals surface area contributed by atoms with Gasteiger partial charge in [0.15, 0.2) is 0 Å². The van der Waals surface area contributed by atoms with Crippen molar-refractivity contribution in [2.75, 3.05) is 0 Å². The average Bonchev–Trinajstić information content (AvgIpc) is 1.50. The van der Waals surface area contributed by atoms with Crippen LogP contribution < -0.4 is 0 Å². The zero-order valence-corrected chi connectivity index (χ0v) is 9.83. The molecule has 0 atom stereocenters. The molecule has 0 aliphatic rings. The fourth-order valence-electron chi connectivity index (χ4n) is 0. The molecule has 0 spiro atoms. The summed E-state index contributed by atoms with van der Waals surface area (Å²) in [7, 11) is 0. The Morgan fingerprint density at radius 1 is 1.00 bits per heavy atom. The molecule has 0 unspecified atom stereocenters. The van der Waals surface area contributed by atoms with Crippen molar-refractivity contribution in [1.82, 2.24) is 0 Å². The molecule has 0 bridgehead atoms. The summed E-state index contributed by atoms with van der Waals surface area (Å²) in [6.07, 6.45) is 0. The van der Waals surface area contributed by atoms with Crippen LogP contribution in [0.2, 0.25) is 0 Å². The summed E-state index contributed by atoms with van der Waals surface area (Å²) in [5.74, 6) is 0. The maximum absolute atomic E-state index is 3.00. The second-order valence-corrected chi connectivity index (χ2v) is 0. The second-order valence-electron chi connectivity index (χ2n) is 0. The average molecular weight is 466 g/mol. The maximum atomic E-state index is 3.00. The van der Waals surface area contributed by atoms with E-state index in [1.165, 1.54) is 0 Å². The van der Waals surface area contributed by atoms with Gasteiger partial charge in [-0.25, -0.2) is 0 Å². The molecule has 0 aliphatic carbocycles. The van der Waals surface area contributed by atoms with E-state index < -0.39 is 0 Å². The van der Waals surface area contributed by atoms with Gasteiger partial charge in [0, 0.05) is 58.3 Å². The number of hydrogen-bond acceptors (Lipinski definition) is 0. The quantitative estimate of drug-likeness (QED) is 0.381. The van der Waals surface area contributed by atoms with E-state index >= 15 is 0 Å². The third kappa shape index (κ3) is 25.0. The fourth-order valence-corrected chi connectivity index (χ4v) is 0. The zero-order chi connectivity index (χ0) is 4.00. The molecule has 5 heavy (non-hydrogen) atoms. The van der Waals surface area contributed by atoms with Crippen molar-refractivity contribution >= 4 is 37.2 Å². The van der Waals surface area contributed by atoms with Crippen LogP contribution in [0, 0.1) is 0 Å². The van der Waals surface area contributed by atoms with Crippen molar-refractivity contribution in [3.05, 3.63) is 13.2 Å². The predicted molar refractivity (Wildman–Crippen MR) is 39.3 cm³/mol. The van der Waals surface area contributed by atoms with Crippen LogP contribution in [0.1, 0.15) is 0 Å². The number of rotatable bonds is 0. The first kappa shape index (κ1) is 15.8. The molecule has 3 heteroatoms. The molecule has 32 valence electrons. The maximum Gasteiger partial charge on any atom is 0 e. The summed E-state index contributed by atoms with van der Waals surface area (Å²) in [6, 6.07) is 0. The molecule has 0 saturated carbocycles. The summed E-state index contributed by atoms with van der Waals surface area (Å²) in [5.41, 5.74) is 0. The van der Waals surface area contributed by atoms with Gasteiger partial charge in [-0.3, -0.25) is 0 Å². The van der Waals surface area contributed by atoms with Crippen LogP contribution >= 0.6 is 37.2 Å². The van der Waals surface area contributed by atoms with Gasteiger partial charge < -0.3 is 0 Å². The van der Waals surface area contributed by atoms with Crippen LogP contribution in [-0.4, -0.2) is 0 Å². The molecule has 0 N–H and O–H groups in total. The predicted octanol–water partition coefficient (Wildman–Crippen LogP) is 2.57. The summed E-state index contributed by atoms with van der Waals surface area (Å²) in [4.78, 5) is 0. The molecule has 0 nitrogen and oxygen atoms in total. The number of hydrogen-bond donors (Lipinski definition) is 0. The summed E-state index contributed by atoms with van der Waals surface area (Å²) < 4.78 is 0. The van der Waals surface area contributed by atoms with Crippen LogP contribution in [0.3, 0.4) is 0 Å². The largest absolute Gasteiger partial charge is 0.106 e. The minimum atomic E-state index is 0. The van der Waals surface area contributed by atoms with E-state index in [1.54, 1.807) is 0 Å². The van der Waals surface area contributed by atoms with Gasteiger partial charge in [0.1, 0.15) is 0 Å². The van der Waals surface area contributed by atoms with E-state index in [4.69, 9.17) is 0 Å². The van der Waals surface area contributed by atoms with Gasteiger partial charge in [-0.2, -0.15) is 0 Å². The van der Waals surface area contributed by atoms with Crippen molar-refractivity contribution in [3.63, 3.8) is 0 Å². The Kier molecular flexibility index (Phi) is 125. The Morgan fingerprint density at radius 3 is 1.00 bits per heavy atom. The van der Waals surface area contributed by atoms with Crippen molar-refractivity contribution < 1.29 is 21.1 Å². The number of halogens is 2. The van der Waals surface area contributed by atoms with E-state index in [0.29, 0.717) is 0 Å². The van der Waals surface area contributed by atoms with Gasteiger partial charge in [-0.1, -0.05) is 0 Å². The van der Waals surface area contributed by atoms with Crippen LogP contribution in [-0.2, 0) is 21.1 Å². The molecule has 0 fully saturated rings. The smallest absolute Gasteiger partial charge is 0 e. The van der Waals surface area contributed by atoms with Crippen LogP contribution in [0.5, 0.6) is 0 Å². The van der Waals surface area contributed by atoms with Crippen LogP contribution in [0.15, 0.2) is 13.2 Å².